The second-order valence-electron chi connectivity index (χ2n) is 4.50. The molecule has 0 atom stereocenters. The molecule has 5 heteroatoms. The fourth-order valence-corrected chi connectivity index (χ4v) is 2.00. The quantitative estimate of drug-likeness (QED) is 0.728. The van der Waals surface area contributed by atoms with Gasteiger partial charge in [-0.25, -0.2) is 8.78 Å². The second-order valence-corrected chi connectivity index (χ2v) is 4.50. The smallest absolute Gasteiger partial charge is 0.129 e. The first kappa shape index (κ1) is 13.2. The summed E-state index contributed by atoms with van der Waals surface area (Å²) < 4.78 is 43.2. The van der Waals surface area contributed by atoms with Crippen LogP contribution in [0, 0.1) is 11.6 Å². The SMILES string of the molecule is FCCCCN1CC(Oc2cc(F)cc(F)c2)C1. The maximum atomic E-state index is 12.9. The average molecular weight is 259 g/mol. The van der Waals surface area contributed by atoms with E-state index in [2.05, 4.69) is 4.90 Å². The zero-order valence-corrected chi connectivity index (χ0v) is 10.0. The monoisotopic (exact) mass is 259 g/mol. The molecule has 1 aromatic carbocycles. The van der Waals surface area contributed by atoms with Gasteiger partial charge < -0.3 is 4.74 Å². The van der Waals surface area contributed by atoms with Gasteiger partial charge >= 0.3 is 0 Å². The van der Waals surface area contributed by atoms with E-state index in [0.29, 0.717) is 6.42 Å². The number of ether oxygens (including phenoxy) is 1. The van der Waals surface area contributed by atoms with Gasteiger partial charge in [0, 0.05) is 31.3 Å². The first-order valence-electron chi connectivity index (χ1n) is 6.08. The van der Waals surface area contributed by atoms with E-state index in [1.54, 1.807) is 0 Å². The highest BCUT2D eigenvalue weighted by molar-refractivity contribution is 5.24. The van der Waals surface area contributed by atoms with Crippen LogP contribution < -0.4 is 4.74 Å². The van der Waals surface area contributed by atoms with E-state index >= 15 is 0 Å². The van der Waals surface area contributed by atoms with Crippen molar-refractivity contribution in [2.45, 2.75) is 18.9 Å². The van der Waals surface area contributed by atoms with Crippen molar-refractivity contribution in [2.75, 3.05) is 26.3 Å². The predicted molar refractivity (Wildman–Crippen MR) is 62.4 cm³/mol. The van der Waals surface area contributed by atoms with Gasteiger partial charge in [0.1, 0.15) is 23.5 Å². The largest absolute Gasteiger partial charge is 0.488 e. The molecule has 0 aromatic heterocycles. The molecule has 100 valence electrons. The minimum Gasteiger partial charge on any atom is -0.488 e. The van der Waals surface area contributed by atoms with Gasteiger partial charge in [-0.2, -0.15) is 0 Å². The number of likely N-dealkylation sites (tertiary alicyclic amines) is 1. The van der Waals surface area contributed by atoms with Crippen LogP contribution in [-0.2, 0) is 0 Å². The lowest BCUT2D eigenvalue weighted by molar-refractivity contribution is 0.0186. The normalized spacial score (nSPS) is 16.6. The molecule has 18 heavy (non-hydrogen) atoms. The van der Waals surface area contributed by atoms with Gasteiger partial charge in [0.15, 0.2) is 0 Å². The average Bonchev–Trinajstić information content (AvgIpc) is 2.24. The lowest BCUT2D eigenvalue weighted by atomic mass is 10.1. The van der Waals surface area contributed by atoms with Crippen molar-refractivity contribution in [3.05, 3.63) is 29.8 Å². The van der Waals surface area contributed by atoms with Crippen LogP contribution in [0.1, 0.15) is 12.8 Å². The van der Waals surface area contributed by atoms with Crippen LogP contribution in [0.4, 0.5) is 13.2 Å². The lowest BCUT2D eigenvalue weighted by Crippen LogP contribution is -2.53. The highest BCUT2D eigenvalue weighted by Crippen LogP contribution is 2.20. The van der Waals surface area contributed by atoms with Crippen molar-refractivity contribution >= 4 is 0 Å². The van der Waals surface area contributed by atoms with E-state index < -0.39 is 11.6 Å². The standard InChI is InChI=1S/C13H16F3NO/c14-3-1-2-4-17-8-13(9-17)18-12-6-10(15)5-11(16)7-12/h5-7,13H,1-4,8-9H2. The minimum absolute atomic E-state index is 0.0309. The van der Waals surface area contributed by atoms with Gasteiger partial charge in [0.2, 0.25) is 0 Å². The van der Waals surface area contributed by atoms with Gasteiger partial charge in [-0.05, 0) is 19.4 Å². The zero-order chi connectivity index (χ0) is 13.0. The molecule has 1 aliphatic heterocycles. The summed E-state index contributed by atoms with van der Waals surface area (Å²) in [6.07, 6.45) is 1.38. The summed E-state index contributed by atoms with van der Waals surface area (Å²) in [7, 11) is 0. The van der Waals surface area contributed by atoms with Crippen LogP contribution in [0.2, 0.25) is 0 Å². The summed E-state index contributed by atoms with van der Waals surface area (Å²) in [5.74, 6) is -1.05. The Morgan fingerprint density at radius 1 is 1.11 bits per heavy atom. The summed E-state index contributed by atoms with van der Waals surface area (Å²) >= 11 is 0. The van der Waals surface area contributed by atoms with Gasteiger partial charge in [0.05, 0.1) is 6.67 Å². The van der Waals surface area contributed by atoms with Gasteiger partial charge in [-0.1, -0.05) is 0 Å². The maximum absolute atomic E-state index is 12.9. The number of alkyl halides is 1. The Kier molecular flexibility index (Phi) is 4.47. The summed E-state index contributed by atoms with van der Waals surface area (Å²) in [6.45, 7) is 2.02. The summed E-state index contributed by atoms with van der Waals surface area (Å²) in [5.41, 5.74) is 0. The molecule has 0 bridgehead atoms. The van der Waals surface area contributed by atoms with E-state index in [0.717, 1.165) is 32.1 Å². The van der Waals surface area contributed by atoms with Gasteiger partial charge in [-0.15, -0.1) is 0 Å². The third-order valence-electron chi connectivity index (χ3n) is 2.92. The van der Waals surface area contributed by atoms with Crippen molar-refractivity contribution in [1.82, 2.24) is 4.90 Å². The van der Waals surface area contributed by atoms with Crippen LogP contribution >= 0.6 is 0 Å². The molecule has 1 aliphatic rings. The molecule has 0 aliphatic carbocycles. The Balaban J connectivity index is 1.73. The first-order chi connectivity index (χ1) is 8.67. The van der Waals surface area contributed by atoms with Gasteiger partial charge in [-0.3, -0.25) is 9.29 Å². The highest BCUT2D eigenvalue weighted by atomic mass is 19.1. The number of nitrogens with zero attached hydrogens (tertiary/aromatic N) is 1. The third-order valence-corrected chi connectivity index (χ3v) is 2.92. The molecule has 0 spiro atoms. The fraction of sp³-hybridized carbons (Fsp3) is 0.538. The molecular formula is C13H16F3NO. The molecule has 0 amide bonds. The van der Waals surface area contributed by atoms with E-state index in [-0.39, 0.29) is 18.5 Å². The molecule has 0 radical (unpaired) electrons. The molecule has 0 saturated carbocycles. The van der Waals surface area contributed by atoms with E-state index in [1.807, 2.05) is 0 Å². The van der Waals surface area contributed by atoms with E-state index in [4.69, 9.17) is 4.74 Å². The van der Waals surface area contributed by atoms with Crippen molar-refractivity contribution < 1.29 is 17.9 Å². The van der Waals surface area contributed by atoms with Crippen LogP contribution in [0.5, 0.6) is 5.75 Å². The number of hydrogen-bond donors (Lipinski definition) is 0. The molecule has 1 fully saturated rings. The lowest BCUT2D eigenvalue weighted by Gasteiger charge is -2.39. The van der Waals surface area contributed by atoms with Crippen LogP contribution in [0.25, 0.3) is 0 Å². The highest BCUT2D eigenvalue weighted by Gasteiger charge is 2.27. The molecule has 0 unspecified atom stereocenters. The van der Waals surface area contributed by atoms with Crippen molar-refractivity contribution in [3.63, 3.8) is 0 Å². The molecule has 1 saturated heterocycles. The third kappa shape index (κ3) is 3.63. The molecule has 1 aromatic rings. The Morgan fingerprint density at radius 3 is 2.39 bits per heavy atom. The summed E-state index contributed by atoms with van der Waals surface area (Å²) in [6, 6.07) is 3.17. The molecule has 0 N–H and O–H groups in total. The fourth-order valence-electron chi connectivity index (χ4n) is 2.00. The summed E-state index contributed by atoms with van der Waals surface area (Å²) in [5, 5.41) is 0. The Labute approximate surface area is 104 Å². The molecule has 2 nitrogen and oxygen atoms in total. The predicted octanol–water partition coefficient (Wildman–Crippen LogP) is 2.78. The molecule has 2 rings (SSSR count). The topological polar surface area (TPSA) is 12.5 Å². The first-order valence-corrected chi connectivity index (χ1v) is 6.08. The summed E-state index contributed by atoms with van der Waals surface area (Å²) in [4.78, 5) is 2.13. The Hall–Kier alpha value is -1.23. The number of benzene rings is 1. The van der Waals surface area contributed by atoms with Crippen molar-refractivity contribution in [2.24, 2.45) is 0 Å². The zero-order valence-electron chi connectivity index (χ0n) is 10.0. The van der Waals surface area contributed by atoms with Crippen LogP contribution in [-0.4, -0.2) is 37.3 Å². The van der Waals surface area contributed by atoms with Crippen molar-refractivity contribution in [1.29, 1.82) is 0 Å². The maximum Gasteiger partial charge on any atom is 0.129 e. The minimum atomic E-state index is -0.635. The van der Waals surface area contributed by atoms with Gasteiger partial charge in [0.25, 0.3) is 0 Å². The van der Waals surface area contributed by atoms with E-state index in [9.17, 15) is 13.2 Å². The molecule has 1 heterocycles. The Bertz CT molecular complexity index is 374. The van der Waals surface area contributed by atoms with Crippen LogP contribution in [0.15, 0.2) is 18.2 Å². The number of rotatable bonds is 6. The van der Waals surface area contributed by atoms with Crippen molar-refractivity contribution in [3.8, 4) is 5.75 Å². The molecular weight excluding hydrogens is 243 g/mol. The van der Waals surface area contributed by atoms with Crippen LogP contribution in [0.3, 0.4) is 0 Å². The Morgan fingerprint density at radius 2 is 1.78 bits per heavy atom. The number of unbranched alkanes of at least 4 members (excludes halogenated alkanes) is 1. The second kappa shape index (κ2) is 6.09. The number of hydrogen-bond acceptors (Lipinski definition) is 2. The van der Waals surface area contributed by atoms with E-state index in [1.165, 1.54) is 12.1 Å². The number of halogens is 3.